The first-order valence-electron chi connectivity index (χ1n) is 6.23. The molecule has 1 aliphatic rings. The molecule has 0 saturated carbocycles. The van der Waals surface area contributed by atoms with E-state index in [0.29, 0.717) is 0 Å². The van der Waals surface area contributed by atoms with Crippen molar-refractivity contribution in [2.45, 2.75) is 53.9 Å². The second kappa shape index (κ2) is 4.99. The number of hydrogen-bond acceptors (Lipinski definition) is 1. The van der Waals surface area contributed by atoms with Crippen molar-refractivity contribution in [1.82, 2.24) is 0 Å². The Balaban J connectivity index is 2.89. The van der Waals surface area contributed by atoms with Crippen LogP contribution in [0.3, 0.4) is 0 Å². The van der Waals surface area contributed by atoms with Crippen molar-refractivity contribution in [3.05, 3.63) is 23.3 Å². The van der Waals surface area contributed by atoms with Crippen LogP contribution in [0, 0.1) is 11.3 Å². The van der Waals surface area contributed by atoms with Gasteiger partial charge in [0.1, 0.15) is 5.78 Å². The lowest BCUT2D eigenvalue weighted by Gasteiger charge is -2.33. The Hall–Kier alpha value is -0.850. The minimum absolute atomic E-state index is 0.0398. The highest BCUT2D eigenvalue weighted by Crippen LogP contribution is 2.40. The second-order valence-electron chi connectivity index (χ2n) is 5.69. The van der Waals surface area contributed by atoms with Crippen LogP contribution in [0.25, 0.3) is 0 Å². The van der Waals surface area contributed by atoms with Gasteiger partial charge >= 0.3 is 0 Å². The fraction of sp³-hybridized carbons (Fsp3) is 0.667. The molecule has 1 aliphatic carbocycles. The van der Waals surface area contributed by atoms with Gasteiger partial charge in [-0.3, -0.25) is 4.79 Å². The maximum Gasteiger partial charge on any atom is 0.136 e. The molecule has 0 heterocycles. The van der Waals surface area contributed by atoms with Crippen LogP contribution >= 0.6 is 0 Å². The van der Waals surface area contributed by atoms with Gasteiger partial charge in [-0.15, -0.1) is 0 Å². The van der Waals surface area contributed by atoms with Crippen LogP contribution in [0.1, 0.15) is 53.9 Å². The summed E-state index contributed by atoms with van der Waals surface area (Å²) in [5, 5.41) is 0. The van der Waals surface area contributed by atoms with Gasteiger partial charge < -0.3 is 0 Å². The molecule has 16 heavy (non-hydrogen) atoms. The molecule has 0 aliphatic heterocycles. The Morgan fingerprint density at radius 2 is 2.06 bits per heavy atom. The smallest absolute Gasteiger partial charge is 0.136 e. The molecule has 1 atom stereocenters. The summed E-state index contributed by atoms with van der Waals surface area (Å²) in [6, 6.07) is 0. The number of allylic oxidation sites excluding steroid dienone is 4. The van der Waals surface area contributed by atoms with Gasteiger partial charge in [0.05, 0.1) is 0 Å². The normalized spacial score (nSPS) is 22.6. The zero-order valence-corrected chi connectivity index (χ0v) is 11.3. The van der Waals surface area contributed by atoms with Crippen molar-refractivity contribution in [3.63, 3.8) is 0 Å². The lowest BCUT2D eigenvalue weighted by atomic mass is 9.72. The van der Waals surface area contributed by atoms with E-state index in [1.54, 1.807) is 6.92 Å². The number of carbonyl (C=O) groups excluding carboxylic acids is 1. The third-order valence-electron chi connectivity index (χ3n) is 3.74. The van der Waals surface area contributed by atoms with Crippen molar-refractivity contribution in [2.75, 3.05) is 0 Å². The van der Waals surface area contributed by atoms with E-state index in [-0.39, 0.29) is 17.1 Å². The molecule has 0 bridgehead atoms. The minimum atomic E-state index is 0.0398. The van der Waals surface area contributed by atoms with Gasteiger partial charge in [-0.1, -0.05) is 38.5 Å². The van der Waals surface area contributed by atoms with E-state index < -0.39 is 0 Å². The Bertz CT molecular complexity index is 331. The van der Waals surface area contributed by atoms with E-state index >= 15 is 0 Å². The average molecular weight is 220 g/mol. The molecule has 0 aromatic carbocycles. The molecular formula is C15H24O. The number of carbonyl (C=O) groups is 1. The van der Waals surface area contributed by atoms with Crippen molar-refractivity contribution in [1.29, 1.82) is 0 Å². The first-order valence-corrected chi connectivity index (χ1v) is 6.23. The van der Waals surface area contributed by atoms with E-state index in [4.69, 9.17) is 0 Å². The molecule has 0 aromatic heterocycles. The Labute approximate surface area is 99.6 Å². The van der Waals surface area contributed by atoms with Gasteiger partial charge in [-0.25, -0.2) is 0 Å². The third-order valence-corrected chi connectivity index (χ3v) is 3.74. The van der Waals surface area contributed by atoms with Crippen LogP contribution in [-0.4, -0.2) is 5.78 Å². The number of Topliss-reactive ketones (excluding diaryl/α,β-unsaturated/α-hetero) is 1. The Morgan fingerprint density at radius 3 is 2.56 bits per heavy atom. The fourth-order valence-corrected chi connectivity index (χ4v) is 2.39. The van der Waals surface area contributed by atoms with E-state index in [2.05, 4.69) is 26.8 Å². The van der Waals surface area contributed by atoms with Crippen molar-refractivity contribution in [2.24, 2.45) is 11.3 Å². The largest absolute Gasteiger partial charge is 0.299 e. The quantitative estimate of drug-likeness (QED) is 0.693. The molecule has 1 nitrogen and oxygen atoms in total. The van der Waals surface area contributed by atoms with Gasteiger partial charge in [-0.2, -0.15) is 0 Å². The lowest BCUT2D eigenvalue weighted by Crippen LogP contribution is -2.19. The third kappa shape index (κ3) is 3.07. The molecule has 1 heteroatoms. The first kappa shape index (κ1) is 13.2. The fourth-order valence-electron chi connectivity index (χ4n) is 2.39. The van der Waals surface area contributed by atoms with Crippen LogP contribution in [0.4, 0.5) is 0 Å². The standard InChI is InChI=1S/C15H24O/c1-11(13(3)16)8-9-14-12(2)7-6-10-15(14,4)5/h8-9,11H,6-7,10H2,1-5H3. The summed E-state index contributed by atoms with van der Waals surface area (Å²) in [6.45, 7) is 10.4. The second-order valence-corrected chi connectivity index (χ2v) is 5.69. The molecule has 0 fully saturated rings. The molecule has 0 radical (unpaired) electrons. The predicted octanol–water partition coefficient (Wildman–Crippen LogP) is 4.29. The van der Waals surface area contributed by atoms with Crippen LogP contribution in [-0.2, 0) is 4.79 Å². The molecule has 1 unspecified atom stereocenters. The highest BCUT2D eigenvalue weighted by Gasteiger charge is 2.26. The van der Waals surface area contributed by atoms with Gasteiger partial charge in [0.2, 0.25) is 0 Å². The zero-order valence-electron chi connectivity index (χ0n) is 11.3. The first-order chi connectivity index (χ1) is 7.34. The topological polar surface area (TPSA) is 17.1 Å². The number of rotatable bonds is 3. The van der Waals surface area contributed by atoms with E-state index in [0.717, 1.165) is 0 Å². The van der Waals surface area contributed by atoms with Gasteiger partial charge in [0, 0.05) is 5.92 Å². The molecule has 90 valence electrons. The van der Waals surface area contributed by atoms with Crippen LogP contribution in [0.15, 0.2) is 23.3 Å². The van der Waals surface area contributed by atoms with Crippen LogP contribution in [0.2, 0.25) is 0 Å². The number of hydrogen-bond donors (Lipinski definition) is 0. The van der Waals surface area contributed by atoms with Gasteiger partial charge in [0.25, 0.3) is 0 Å². The van der Waals surface area contributed by atoms with Crippen molar-refractivity contribution in [3.8, 4) is 0 Å². The highest BCUT2D eigenvalue weighted by atomic mass is 16.1. The van der Waals surface area contributed by atoms with E-state index in [9.17, 15) is 4.79 Å². The molecule has 0 N–H and O–H groups in total. The average Bonchev–Trinajstić information content (AvgIpc) is 2.15. The summed E-state index contributed by atoms with van der Waals surface area (Å²) < 4.78 is 0. The van der Waals surface area contributed by atoms with Gasteiger partial charge in [0.15, 0.2) is 0 Å². The summed E-state index contributed by atoms with van der Waals surface area (Å²) in [4.78, 5) is 11.2. The van der Waals surface area contributed by atoms with Crippen molar-refractivity contribution < 1.29 is 4.79 Å². The summed E-state index contributed by atoms with van der Waals surface area (Å²) >= 11 is 0. The molecular weight excluding hydrogens is 196 g/mol. The maximum absolute atomic E-state index is 11.2. The monoisotopic (exact) mass is 220 g/mol. The molecule has 0 aromatic rings. The highest BCUT2D eigenvalue weighted by molar-refractivity contribution is 5.79. The van der Waals surface area contributed by atoms with Gasteiger partial charge in [-0.05, 0) is 44.1 Å². The predicted molar refractivity (Wildman–Crippen MR) is 69.3 cm³/mol. The molecule has 0 saturated heterocycles. The minimum Gasteiger partial charge on any atom is -0.299 e. The van der Waals surface area contributed by atoms with Crippen molar-refractivity contribution >= 4 is 5.78 Å². The van der Waals surface area contributed by atoms with E-state index in [1.807, 2.05) is 13.0 Å². The van der Waals surface area contributed by atoms with Crippen LogP contribution in [0.5, 0.6) is 0 Å². The van der Waals surface area contributed by atoms with E-state index in [1.165, 1.54) is 30.4 Å². The lowest BCUT2D eigenvalue weighted by molar-refractivity contribution is -0.118. The molecule has 0 amide bonds. The Kier molecular flexibility index (Phi) is 4.12. The molecule has 1 rings (SSSR count). The molecule has 0 spiro atoms. The Morgan fingerprint density at radius 1 is 1.44 bits per heavy atom. The van der Waals surface area contributed by atoms with Crippen LogP contribution < -0.4 is 0 Å². The summed E-state index contributed by atoms with van der Waals surface area (Å²) in [5.41, 5.74) is 3.20. The zero-order chi connectivity index (χ0) is 12.3. The summed E-state index contributed by atoms with van der Waals surface area (Å²) in [5.74, 6) is 0.279. The summed E-state index contributed by atoms with van der Waals surface area (Å²) in [7, 11) is 0. The maximum atomic E-state index is 11.2. The SMILES string of the molecule is CC(=O)C(C)C=CC1=C(C)CCCC1(C)C. The summed E-state index contributed by atoms with van der Waals surface area (Å²) in [6.07, 6.45) is 7.98. The number of ketones is 1.